The average molecular weight is 359 g/mol. The van der Waals surface area contributed by atoms with Gasteiger partial charge in [0.25, 0.3) is 0 Å². The highest BCUT2D eigenvalue weighted by Gasteiger charge is 2.40. The van der Waals surface area contributed by atoms with E-state index < -0.39 is 0 Å². The van der Waals surface area contributed by atoms with Crippen molar-refractivity contribution in [1.82, 2.24) is 9.88 Å². The van der Waals surface area contributed by atoms with Gasteiger partial charge in [0.05, 0.1) is 16.8 Å². The van der Waals surface area contributed by atoms with Gasteiger partial charge in [-0.3, -0.25) is 9.88 Å². The van der Waals surface area contributed by atoms with Crippen LogP contribution in [0.3, 0.4) is 0 Å². The molecular formula is C19H23ClN4O. The first kappa shape index (κ1) is 16.6. The van der Waals surface area contributed by atoms with Crippen LogP contribution < -0.4 is 16.2 Å². The highest BCUT2D eigenvalue weighted by Crippen LogP contribution is 2.39. The maximum Gasteiger partial charge on any atom is 0.157 e. The quantitative estimate of drug-likeness (QED) is 0.825. The molecule has 5 nitrogen and oxygen atoms in total. The number of nitrogens with two attached hydrogens (primary N) is 2. The van der Waals surface area contributed by atoms with Crippen molar-refractivity contribution in [2.45, 2.75) is 37.5 Å². The van der Waals surface area contributed by atoms with E-state index in [0.29, 0.717) is 16.5 Å². The zero-order chi connectivity index (χ0) is 17.4. The molecule has 4 N–H and O–H groups in total. The number of aromatic nitrogens is 1. The Balaban J connectivity index is 1.65. The van der Waals surface area contributed by atoms with Gasteiger partial charge in [-0.05, 0) is 55.6 Å². The summed E-state index contributed by atoms with van der Waals surface area (Å²) in [5.74, 6) is 0.644. The zero-order valence-corrected chi connectivity index (χ0v) is 14.8. The maximum absolute atomic E-state index is 6.36. The molecular weight excluding hydrogens is 336 g/mol. The maximum atomic E-state index is 6.36. The molecule has 2 heterocycles. The van der Waals surface area contributed by atoms with Gasteiger partial charge in [0.2, 0.25) is 0 Å². The third-order valence-electron chi connectivity index (χ3n) is 5.14. The van der Waals surface area contributed by atoms with Crippen LogP contribution in [0.2, 0.25) is 5.02 Å². The lowest BCUT2D eigenvalue weighted by atomic mass is 10.0. The fourth-order valence-corrected chi connectivity index (χ4v) is 4.17. The molecule has 3 unspecified atom stereocenters. The normalized spacial score (nSPS) is 26.4. The lowest BCUT2D eigenvalue weighted by Crippen LogP contribution is -2.49. The molecule has 0 radical (unpaired) electrons. The Kier molecular flexibility index (Phi) is 4.54. The van der Waals surface area contributed by atoms with E-state index in [-0.39, 0.29) is 18.2 Å². The molecule has 1 aromatic carbocycles. The summed E-state index contributed by atoms with van der Waals surface area (Å²) in [6.45, 7) is 1.94. The molecule has 4 rings (SSSR count). The first-order valence-corrected chi connectivity index (χ1v) is 9.14. The molecule has 132 valence electrons. The van der Waals surface area contributed by atoms with E-state index in [9.17, 15) is 0 Å². The molecule has 0 amide bonds. The fraction of sp³-hybridized carbons (Fsp3) is 0.421. The highest BCUT2D eigenvalue weighted by atomic mass is 35.5. The zero-order valence-electron chi connectivity index (χ0n) is 14.1. The largest absolute Gasteiger partial charge is 0.481 e. The number of ether oxygens (including phenoxy) is 1. The second kappa shape index (κ2) is 6.83. The molecule has 2 aliphatic rings. The number of pyridine rings is 1. The number of likely N-dealkylation sites (tertiary alicyclic amines) is 1. The van der Waals surface area contributed by atoms with Crippen LogP contribution in [0.1, 0.15) is 30.2 Å². The van der Waals surface area contributed by atoms with Crippen molar-refractivity contribution in [2.75, 3.05) is 18.8 Å². The van der Waals surface area contributed by atoms with Crippen LogP contribution in [0.15, 0.2) is 36.5 Å². The van der Waals surface area contributed by atoms with E-state index in [2.05, 4.69) is 16.0 Å². The molecule has 0 saturated carbocycles. The molecule has 0 bridgehead atoms. The summed E-state index contributed by atoms with van der Waals surface area (Å²) in [6.07, 6.45) is 4.81. The number of halogens is 1. The molecule has 1 aliphatic heterocycles. The second-order valence-corrected chi connectivity index (χ2v) is 7.35. The Bertz CT molecular complexity index is 769. The number of nitrogens with zero attached hydrogens (tertiary/aromatic N) is 2. The van der Waals surface area contributed by atoms with Crippen molar-refractivity contribution in [3.05, 3.63) is 52.8 Å². The monoisotopic (exact) mass is 358 g/mol. The van der Waals surface area contributed by atoms with Gasteiger partial charge in [0.1, 0.15) is 5.75 Å². The Labute approximate surface area is 152 Å². The van der Waals surface area contributed by atoms with Gasteiger partial charge in [0, 0.05) is 24.5 Å². The summed E-state index contributed by atoms with van der Waals surface area (Å²) in [7, 11) is 0. The molecule has 6 heteroatoms. The summed E-state index contributed by atoms with van der Waals surface area (Å²) in [4.78, 5) is 7.05. The summed E-state index contributed by atoms with van der Waals surface area (Å²) in [5, 5.41) is 0.526. The van der Waals surface area contributed by atoms with Gasteiger partial charge >= 0.3 is 0 Å². The van der Waals surface area contributed by atoms with E-state index in [4.69, 9.17) is 27.8 Å². The lowest BCUT2D eigenvalue weighted by molar-refractivity contribution is 0.0577. The average Bonchev–Trinajstić information content (AvgIpc) is 2.96. The first-order chi connectivity index (χ1) is 12.1. The van der Waals surface area contributed by atoms with Crippen molar-refractivity contribution in [1.29, 1.82) is 0 Å². The summed E-state index contributed by atoms with van der Waals surface area (Å²) in [5.41, 5.74) is 14.9. The lowest BCUT2D eigenvalue weighted by Gasteiger charge is -2.37. The summed E-state index contributed by atoms with van der Waals surface area (Å²) in [6, 6.07) is 9.93. The molecule has 1 fully saturated rings. The van der Waals surface area contributed by atoms with Gasteiger partial charge < -0.3 is 16.2 Å². The number of nitrogen functional groups attached to an aromatic ring is 1. The fourth-order valence-electron chi connectivity index (χ4n) is 3.94. The van der Waals surface area contributed by atoms with Crippen molar-refractivity contribution in [3.63, 3.8) is 0 Å². The molecule has 3 atom stereocenters. The number of hydrogen-bond donors (Lipinski definition) is 2. The number of anilines is 1. The Hall–Kier alpha value is -1.82. The number of hydrogen-bond acceptors (Lipinski definition) is 5. The number of fused-ring (bicyclic) bond motifs is 1. The van der Waals surface area contributed by atoms with Gasteiger partial charge in [-0.25, -0.2) is 0 Å². The smallest absolute Gasteiger partial charge is 0.157 e. The predicted octanol–water partition coefficient (Wildman–Crippen LogP) is 2.79. The van der Waals surface area contributed by atoms with Crippen LogP contribution >= 0.6 is 11.6 Å². The van der Waals surface area contributed by atoms with E-state index in [1.54, 1.807) is 12.1 Å². The van der Waals surface area contributed by atoms with Crippen LogP contribution in [-0.4, -0.2) is 35.1 Å². The van der Waals surface area contributed by atoms with E-state index >= 15 is 0 Å². The van der Waals surface area contributed by atoms with Crippen LogP contribution in [0.4, 0.5) is 5.69 Å². The Morgan fingerprint density at radius 3 is 2.96 bits per heavy atom. The standard InChI is InChI=1S/C19H23ClN4O/c20-15-10-13(21)5-6-17(15)25-19-16(24-8-2-4-14(22)11-24)9-12-3-1-7-23-18(12)19/h1,3,5-7,10,14,16,19H,2,4,8-9,11,21-22H2. The molecule has 25 heavy (non-hydrogen) atoms. The molecule has 1 aromatic heterocycles. The van der Waals surface area contributed by atoms with Crippen LogP contribution in [-0.2, 0) is 6.42 Å². The predicted molar refractivity (Wildman–Crippen MR) is 99.7 cm³/mol. The van der Waals surface area contributed by atoms with Crippen molar-refractivity contribution < 1.29 is 4.74 Å². The van der Waals surface area contributed by atoms with Gasteiger partial charge in [-0.1, -0.05) is 17.7 Å². The SMILES string of the molecule is Nc1ccc(OC2c3ncccc3CC2N2CCCC(N)C2)c(Cl)c1. The Morgan fingerprint density at radius 2 is 2.16 bits per heavy atom. The summed E-state index contributed by atoms with van der Waals surface area (Å²) >= 11 is 6.33. The third kappa shape index (κ3) is 3.32. The second-order valence-electron chi connectivity index (χ2n) is 6.94. The first-order valence-electron chi connectivity index (χ1n) is 8.77. The minimum Gasteiger partial charge on any atom is -0.481 e. The van der Waals surface area contributed by atoms with Crippen molar-refractivity contribution in [2.24, 2.45) is 5.73 Å². The highest BCUT2D eigenvalue weighted by molar-refractivity contribution is 6.32. The van der Waals surface area contributed by atoms with Crippen molar-refractivity contribution in [3.8, 4) is 5.75 Å². The van der Waals surface area contributed by atoms with Gasteiger partial charge in [-0.2, -0.15) is 0 Å². The topological polar surface area (TPSA) is 77.4 Å². The minimum atomic E-state index is -0.150. The van der Waals surface area contributed by atoms with Gasteiger partial charge in [0.15, 0.2) is 6.10 Å². The summed E-state index contributed by atoms with van der Waals surface area (Å²) < 4.78 is 6.36. The van der Waals surface area contributed by atoms with E-state index in [0.717, 1.165) is 38.0 Å². The molecule has 1 aliphatic carbocycles. The van der Waals surface area contributed by atoms with Gasteiger partial charge in [-0.15, -0.1) is 0 Å². The molecule has 2 aromatic rings. The third-order valence-corrected chi connectivity index (χ3v) is 5.44. The number of benzene rings is 1. The Morgan fingerprint density at radius 1 is 1.28 bits per heavy atom. The van der Waals surface area contributed by atoms with Crippen LogP contribution in [0.5, 0.6) is 5.75 Å². The van der Waals surface area contributed by atoms with Crippen LogP contribution in [0, 0.1) is 0 Å². The van der Waals surface area contributed by atoms with Crippen LogP contribution in [0.25, 0.3) is 0 Å². The molecule has 0 spiro atoms. The van der Waals surface area contributed by atoms with Crippen molar-refractivity contribution >= 4 is 17.3 Å². The number of piperidine rings is 1. The minimum absolute atomic E-state index is 0.150. The van der Waals surface area contributed by atoms with E-state index in [1.165, 1.54) is 5.56 Å². The van der Waals surface area contributed by atoms with E-state index in [1.807, 2.05) is 18.3 Å². The number of rotatable bonds is 3. The molecule has 1 saturated heterocycles.